The first-order valence-corrected chi connectivity index (χ1v) is 12.3. The topological polar surface area (TPSA) is 43.2 Å². The summed E-state index contributed by atoms with van der Waals surface area (Å²) in [6, 6.07) is 29.5. The van der Waals surface area contributed by atoms with Crippen molar-refractivity contribution in [2.45, 2.75) is 57.4 Å². The molecule has 4 heteroatoms. The summed E-state index contributed by atoms with van der Waals surface area (Å²) in [5, 5.41) is 4.86. The molecule has 176 valence electrons. The van der Waals surface area contributed by atoms with E-state index in [0.29, 0.717) is 18.2 Å². The molecule has 2 aliphatic rings. The van der Waals surface area contributed by atoms with Crippen LogP contribution in [0.4, 0.5) is 0 Å². The van der Waals surface area contributed by atoms with Crippen molar-refractivity contribution in [2.24, 2.45) is 9.98 Å². The zero-order valence-electron chi connectivity index (χ0n) is 20.7. The van der Waals surface area contributed by atoms with Gasteiger partial charge in [-0.25, -0.2) is 9.98 Å². The van der Waals surface area contributed by atoms with Gasteiger partial charge in [0.05, 0.1) is 6.42 Å². The molecule has 2 aliphatic heterocycles. The third-order valence-corrected chi connectivity index (χ3v) is 7.16. The van der Waals surface area contributed by atoms with E-state index in [0.717, 1.165) is 0 Å². The number of ether oxygens (including phenoxy) is 2. The van der Waals surface area contributed by atoms with Gasteiger partial charge in [-0.1, -0.05) is 84.9 Å². The summed E-state index contributed by atoms with van der Waals surface area (Å²) in [6.45, 7) is 8.43. The van der Waals surface area contributed by atoms with Gasteiger partial charge in [0, 0.05) is 0 Å². The first-order chi connectivity index (χ1) is 16.8. The summed E-state index contributed by atoms with van der Waals surface area (Å²) >= 11 is 0. The van der Waals surface area contributed by atoms with Crippen molar-refractivity contribution in [3.8, 4) is 0 Å². The SMILES string of the molecule is CC1(C)OC(CC2=N[C@@H](c3cccc4ccccc34)C(C)(C)O2)=N[C@H]1c1cccc2ccccc12. The maximum absolute atomic E-state index is 6.40. The van der Waals surface area contributed by atoms with Gasteiger partial charge in [-0.2, -0.15) is 0 Å². The van der Waals surface area contributed by atoms with Crippen LogP contribution in [0.15, 0.2) is 94.9 Å². The summed E-state index contributed by atoms with van der Waals surface area (Å²) in [5.74, 6) is 1.36. The molecule has 4 aromatic carbocycles. The summed E-state index contributed by atoms with van der Waals surface area (Å²) < 4.78 is 12.8. The quantitative estimate of drug-likeness (QED) is 0.314. The van der Waals surface area contributed by atoms with Crippen molar-refractivity contribution in [1.82, 2.24) is 0 Å². The minimum Gasteiger partial charge on any atom is -0.472 e. The highest BCUT2D eigenvalue weighted by atomic mass is 16.5. The predicted octanol–water partition coefficient (Wildman–Crippen LogP) is 7.58. The van der Waals surface area contributed by atoms with E-state index < -0.39 is 11.2 Å². The Balaban J connectivity index is 1.33. The van der Waals surface area contributed by atoms with Gasteiger partial charge in [0.15, 0.2) is 11.8 Å². The highest BCUT2D eigenvalue weighted by molar-refractivity contribution is 5.99. The van der Waals surface area contributed by atoms with Crippen LogP contribution in [0, 0.1) is 0 Å². The summed E-state index contributed by atoms with van der Waals surface area (Å²) in [4.78, 5) is 10.1. The van der Waals surface area contributed by atoms with E-state index >= 15 is 0 Å². The van der Waals surface area contributed by atoms with Crippen LogP contribution in [0.1, 0.15) is 57.3 Å². The van der Waals surface area contributed by atoms with E-state index in [2.05, 4.69) is 113 Å². The van der Waals surface area contributed by atoms with E-state index in [1.54, 1.807) is 0 Å². The third kappa shape index (κ3) is 3.78. The van der Waals surface area contributed by atoms with Crippen LogP contribution in [0.3, 0.4) is 0 Å². The number of fused-ring (bicyclic) bond motifs is 2. The second-order valence-corrected chi connectivity index (χ2v) is 10.6. The fourth-order valence-electron chi connectivity index (χ4n) is 5.53. The van der Waals surface area contributed by atoms with Gasteiger partial charge in [0.25, 0.3) is 0 Å². The first kappa shape index (κ1) is 21.8. The van der Waals surface area contributed by atoms with Crippen molar-refractivity contribution in [3.05, 3.63) is 96.1 Å². The molecule has 35 heavy (non-hydrogen) atoms. The van der Waals surface area contributed by atoms with Crippen molar-refractivity contribution in [2.75, 3.05) is 0 Å². The minimum atomic E-state index is -0.455. The Labute approximate surface area is 206 Å². The molecule has 0 unspecified atom stereocenters. The van der Waals surface area contributed by atoms with Gasteiger partial charge in [0.1, 0.15) is 23.3 Å². The van der Waals surface area contributed by atoms with Gasteiger partial charge in [-0.15, -0.1) is 0 Å². The molecule has 4 aromatic rings. The lowest BCUT2D eigenvalue weighted by molar-refractivity contribution is 0.0875. The number of hydrogen-bond donors (Lipinski definition) is 0. The second-order valence-electron chi connectivity index (χ2n) is 10.6. The molecule has 2 heterocycles. The number of benzene rings is 4. The molecule has 0 radical (unpaired) electrons. The molecular formula is C31H30N2O2. The van der Waals surface area contributed by atoms with E-state index in [1.165, 1.54) is 32.7 Å². The largest absolute Gasteiger partial charge is 0.472 e. The van der Waals surface area contributed by atoms with Crippen molar-refractivity contribution in [1.29, 1.82) is 0 Å². The van der Waals surface area contributed by atoms with Gasteiger partial charge in [-0.3, -0.25) is 0 Å². The molecule has 0 amide bonds. The fraction of sp³-hybridized carbons (Fsp3) is 0.290. The number of hydrogen-bond acceptors (Lipinski definition) is 4. The molecule has 0 N–H and O–H groups in total. The van der Waals surface area contributed by atoms with Gasteiger partial charge >= 0.3 is 0 Å². The normalized spacial score (nSPS) is 22.5. The lowest BCUT2D eigenvalue weighted by atomic mass is 9.89. The van der Waals surface area contributed by atoms with E-state index in [1.807, 2.05) is 0 Å². The van der Waals surface area contributed by atoms with Crippen LogP contribution in [0.2, 0.25) is 0 Å². The Kier molecular flexibility index (Phi) is 4.96. The smallest absolute Gasteiger partial charge is 0.194 e. The molecular weight excluding hydrogens is 432 g/mol. The van der Waals surface area contributed by atoms with Gasteiger partial charge < -0.3 is 9.47 Å². The molecule has 0 saturated heterocycles. The fourth-order valence-corrected chi connectivity index (χ4v) is 5.53. The Morgan fingerprint density at radius 3 is 1.43 bits per heavy atom. The third-order valence-electron chi connectivity index (χ3n) is 7.16. The highest BCUT2D eigenvalue weighted by Gasteiger charge is 2.44. The van der Waals surface area contributed by atoms with Crippen LogP contribution in [0.5, 0.6) is 0 Å². The average molecular weight is 463 g/mol. The van der Waals surface area contributed by atoms with Crippen LogP contribution in [0.25, 0.3) is 21.5 Å². The van der Waals surface area contributed by atoms with Gasteiger partial charge in [-0.05, 0) is 60.4 Å². The summed E-state index contributed by atoms with van der Waals surface area (Å²) in [7, 11) is 0. The van der Waals surface area contributed by atoms with Crippen LogP contribution in [-0.2, 0) is 9.47 Å². The lowest BCUT2D eigenvalue weighted by Gasteiger charge is -2.26. The molecule has 4 nitrogen and oxygen atoms in total. The Hall–Kier alpha value is -3.66. The first-order valence-electron chi connectivity index (χ1n) is 12.3. The van der Waals surface area contributed by atoms with E-state index in [9.17, 15) is 0 Å². The maximum atomic E-state index is 6.40. The number of rotatable bonds is 4. The van der Waals surface area contributed by atoms with Crippen LogP contribution in [-0.4, -0.2) is 23.0 Å². The zero-order chi connectivity index (χ0) is 24.2. The Bertz CT molecular complexity index is 1370. The highest BCUT2D eigenvalue weighted by Crippen LogP contribution is 2.44. The Morgan fingerprint density at radius 1 is 0.571 bits per heavy atom. The van der Waals surface area contributed by atoms with Gasteiger partial charge in [0.2, 0.25) is 0 Å². The monoisotopic (exact) mass is 462 g/mol. The molecule has 0 aliphatic carbocycles. The van der Waals surface area contributed by atoms with E-state index in [-0.39, 0.29) is 12.1 Å². The van der Waals surface area contributed by atoms with E-state index in [4.69, 9.17) is 19.5 Å². The summed E-state index contributed by atoms with van der Waals surface area (Å²) in [6.07, 6.45) is 0.454. The summed E-state index contributed by atoms with van der Waals surface area (Å²) in [5.41, 5.74) is 1.46. The molecule has 6 rings (SSSR count). The molecule has 0 fully saturated rings. The Morgan fingerprint density at radius 2 is 0.971 bits per heavy atom. The average Bonchev–Trinajstić information content (AvgIpc) is 3.31. The van der Waals surface area contributed by atoms with Crippen LogP contribution < -0.4 is 0 Å². The zero-order valence-corrected chi connectivity index (χ0v) is 20.7. The minimum absolute atomic E-state index is 0.0903. The second kappa shape index (κ2) is 7.94. The molecule has 2 atom stereocenters. The number of aliphatic imine (C=N–C) groups is 2. The number of nitrogens with zero attached hydrogens (tertiary/aromatic N) is 2. The molecule has 0 aromatic heterocycles. The van der Waals surface area contributed by atoms with Crippen LogP contribution >= 0.6 is 0 Å². The molecule has 0 spiro atoms. The molecule has 0 bridgehead atoms. The maximum Gasteiger partial charge on any atom is 0.194 e. The molecule has 0 saturated carbocycles. The standard InChI is InChI=1S/C31H30N2O2/c1-30(2)28(24-17-9-13-20-11-5-7-15-22(20)24)32-26(34-30)19-27-33-29(31(3,4)35-27)25-18-10-14-21-12-6-8-16-23(21)25/h5-18,28-29H,19H2,1-4H3/t28-,29-/m0/s1. The van der Waals surface area contributed by atoms with Crippen molar-refractivity contribution >= 4 is 33.3 Å². The van der Waals surface area contributed by atoms with Crippen molar-refractivity contribution < 1.29 is 9.47 Å². The van der Waals surface area contributed by atoms with Crippen molar-refractivity contribution in [3.63, 3.8) is 0 Å². The lowest BCUT2D eigenvalue weighted by Crippen LogP contribution is -2.29. The predicted molar refractivity (Wildman–Crippen MR) is 143 cm³/mol.